The smallest absolute Gasteiger partial charge is 0.334 e. The summed E-state index contributed by atoms with van der Waals surface area (Å²) in [6.07, 6.45) is 1.79. The van der Waals surface area contributed by atoms with Crippen LogP contribution in [0.15, 0.2) is 4.79 Å². The van der Waals surface area contributed by atoms with Gasteiger partial charge < -0.3 is 9.72 Å². The summed E-state index contributed by atoms with van der Waals surface area (Å²) < 4.78 is 7.27. The maximum absolute atomic E-state index is 12.0. The number of nitrogens with one attached hydrogen (secondary N) is 2. The normalized spacial score (nSPS) is 17.4. The van der Waals surface area contributed by atoms with Crippen molar-refractivity contribution in [3.05, 3.63) is 26.8 Å². The van der Waals surface area contributed by atoms with Gasteiger partial charge in [0.15, 0.2) is 4.77 Å². The number of rotatable bonds is 1. The Morgan fingerprint density at radius 1 is 1.39 bits per heavy atom. The van der Waals surface area contributed by atoms with Crippen molar-refractivity contribution in [2.75, 3.05) is 13.2 Å². The number of imidazole rings is 1. The first-order valence-electron chi connectivity index (χ1n) is 5.96. The molecular formula is C11H14N4O2S. The van der Waals surface area contributed by atoms with Gasteiger partial charge >= 0.3 is 5.69 Å². The molecule has 18 heavy (non-hydrogen) atoms. The lowest BCUT2D eigenvalue weighted by molar-refractivity contribution is 0.0834. The van der Waals surface area contributed by atoms with E-state index in [0.717, 1.165) is 37.6 Å². The molecule has 0 unspecified atom stereocenters. The Kier molecular flexibility index (Phi) is 2.79. The van der Waals surface area contributed by atoms with E-state index in [0.29, 0.717) is 10.4 Å². The van der Waals surface area contributed by atoms with Gasteiger partial charge in [-0.05, 0) is 32.0 Å². The second-order valence-electron chi connectivity index (χ2n) is 4.51. The fourth-order valence-corrected chi connectivity index (χ4v) is 2.61. The highest BCUT2D eigenvalue weighted by Crippen LogP contribution is 2.26. The molecule has 2 N–H and O–H groups in total. The number of aryl methyl sites for hydroxylation is 1. The van der Waals surface area contributed by atoms with Gasteiger partial charge in [-0.3, -0.25) is 4.98 Å². The maximum Gasteiger partial charge on any atom is 0.334 e. The van der Waals surface area contributed by atoms with Crippen LogP contribution in [0.1, 0.15) is 30.3 Å². The molecule has 1 fully saturated rings. The summed E-state index contributed by atoms with van der Waals surface area (Å²) in [6, 6.07) is 0. The molecule has 0 spiro atoms. The van der Waals surface area contributed by atoms with Crippen LogP contribution in [-0.4, -0.2) is 32.6 Å². The van der Waals surface area contributed by atoms with Crippen LogP contribution in [-0.2, 0) is 4.74 Å². The van der Waals surface area contributed by atoms with Crippen molar-refractivity contribution < 1.29 is 4.74 Å². The van der Waals surface area contributed by atoms with Crippen molar-refractivity contribution in [3.8, 4) is 0 Å². The molecule has 7 heteroatoms. The lowest BCUT2D eigenvalue weighted by Crippen LogP contribution is -2.23. The average Bonchev–Trinajstić information content (AvgIpc) is 2.68. The van der Waals surface area contributed by atoms with Gasteiger partial charge in [-0.1, -0.05) is 0 Å². The monoisotopic (exact) mass is 266 g/mol. The largest absolute Gasteiger partial charge is 0.381 e. The summed E-state index contributed by atoms with van der Waals surface area (Å²) in [5.74, 6) is 1.07. The predicted molar refractivity (Wildman–Crippen MR) is 68.5 cm³/mol. The van der Waals surface area contributed by atoms with E-state index < -0.39 is 0 Å². The number of aromatic amines is 2. The van der Waals surface area contributed by atoms with Gasteiger partial charge in [0.1, 0.15) is 11.5 Å². The first-order valence-corrected chi connectivity index (χ1v) is 6.37. The number of hydrogen-bond donors (Lipinski definition) is 2. The van der Waals surface area contributed by atoms with Crippen molar-refractivity contribution in [3.63, 3.8) is 0 Å². The number of ether oxygens (including phenoxy) is 1. The molecule has 0 aromatic carbocycles. The molecule has 2 aromatic rings. The summed E-state index contributed by atoms with van der Waals surface area (Å²) in [5.41, 5.74) is 1.26. The lowest BCUT2D eigenvalue weighted by atomic mass is 10.00. The number of fused-ring (bicyclic) bond motifs is 1. The molecule has 0 atom stereocenters. The van der Waals surface area contributed by atoms with E-state index in [1.54, 1.807) is 4.40 Å². The van der Waals surface area contributed by atoms with Crippen LogP contribution >= 0.6 is 12.2 Å². The van der Waals surface area contributed by atoms with E-state index in [2.05, 4.69) is 15.0 Å². The molecule has 1 aliphatic rings. The number of H-pyrrole nitrogens is 2. The van der Waals surface area contributed by atoms with Gasteiger partial charge in [0, 0.05) is 19.1 Å². The highest BCUT2D eigenvalue weighted by Gasteiger charge is 2.23. The zero-order valence-corrected chi connectivity index (χ0v) is 10.8. The van der Waals surface area contributed by atoms with Crippen LogP contribution in [0.4, 0.5) is 0 Å². The fraction of sp³-hybridized carbons (Fsp3) is 0.545. The second kappa shape index (κ2) is 4.33. The van der Waals surface area contributed by atoms with Gasteiger partial charge in [-0.25, -0.2) is 14.2 Å². The molecule has 0 aliphatic carbocycles. The molecule has 1 aliphatic heterocycles. The minimum absolute atomic E-state index is 0.226. The molecule has 96 valence electrons. The maximum atomic E-state index is 12.0. The van der Waals surface area contributed by atoms with Gasteiger partial charge in [-0.15, -0.1) is 0 Å². The van der Waals surface area contributed by atoms with Crippen LogP contribution in [0.2, 0.25) is 0 Å². The molecule has 2 aromatic heterocycles. The Balaban J connectivity index is 2.24. The SMILES string of the molecule is Cc1nc(C2CCOCC2)n2c(=O)[nH]c(=S)[nH]c12. The molecule has 0 bridgehead atoms. The summed E-state index contributed by atoms with van der Waals surface area (Å²) in [4.78, 5) is 22.1. The Hall–Kier alpha value is -1.47. The number of hydrogen-bond acceptors (Lipinski definition) is 4. The highest BCUT2D eigenvalue weighted by atomic mass is 32.1. The predicted octanol–water partition coefficient (Wildman–Crippen LogP) is 1.28. The molecule has 3 heterocycles. The minimum atomic E-state index is -0.226. The third kappa shape index (κ3) is 1.79. The van der Waals surface area contributed by atoms with Crippen LogP contribution in [0.25, 0.3) is 5.65 Å². The number of aromatic nitrogens is 4. The molecule has 0 radical (unpaired) electrons. The molecule has 1 saturated heterocycles. The first-order chi connectivity index (χ1) is 8.66. The quantitative estimate of drug-likeness (QED) is 0.762. The minimum Gasteiger partial charge on any atom is -0.381 e. The Labute approximate surface area is 108 Å². The van der Waals surface area contributed by atoms with Gasteiger partial charge in [0.2, 0.25) is 0 Å². The average molecular weight is 266 g/mol. The summed E-state index contributed by atoms with van der Waals surface area (Å²) >= 11 is 4.98. The van der Waals surface area contributed by atoms with Crippen molar-refractivity contribution in [1.82, 2.24) is 19.4 Å². The van der Waals surface area contributed by atoms with Crippen LogP contribution in [0, 0.1) is 11.7 Å². The standard InChI is InChI=1S/C11H14N4O2S/c1-6-8-13-10(18)14-11(16)15(8)9(12-6)7-2-4-17-5-3-7/h7H,2-5H2,1H3,(H2,13,14,16,18). The third-order valence-corrected chi connectivity index (χ3v) is 3.52. The van der Waals surface area contributed by atoms with Crippen molar-refractivity contribution >= 4 is 17.9 Å². The van der Waals surface area contributed by atoms with Crippen molar-refractivity contribution in [2.24, 2.45) is 0 Å². The van der Waals surface area contributed by atoms with E-state index in [9.17, 15) is 4.79 Å². The summed E-state index contributed by atoms with van der Waals surface area (Å²) in [5, 5.41) is 0. The van der Waals surface area contributed by atoms with E-state index in [-0.39, 0.29) is 11.6 Å². The fourth-order valence-electron chi connectivity index (χ4n) is 2.42. The Morgan fingerprint density at radius 3 is 2.83 bits per heavy atom. The summed E-state index contributed by atoms with van der Waals surface area (Å²) in [7, 11) is 0. The van der Waals surface area contributed by atoms with Crippen LogP contribution in [0.5, 0.6) is 0 Å². The zero-order valence-electron chi connectivity index (χ0n) is 10.0. The van der Waals surface area contributed by atoms with Gasteiger partial charge in [0.05, 0.1) is 5.69 Å². The molecule has 0 amide bonds. The second-order valence-corrected chi connectivity index (χ2v) is 4.92. The molecule has 6 nitrogen and oxygen atoms in total. The molecular weight excluding hydrogens is 252 g/mol. The van der Waals surface area contributed by atoms with Crippen molar-refractivity contribution in [1.29, 1.82) is 0 Å². The first kappa shape index (κ1) is 11.6. The Morgan fingerprint density at radius 2 is 2.11 bits per heavy atom. The van der Waals surface area contributed by atoms with E-state index in [4.69, 9.17) is 17.0 Å². The lowest BCUT2D eigenvalue weighted by Gasteiger charge is -2.20. The summed E-state index contributed by atoms with van der Waals surface area (Å²) in [6.45, 7) is 3.32. The van der Waals surface area contributed by atoms with Crippen LogP contribution < -0.4 is 5.69 Å². The Bertz CT molecular complexity index is 693. The topological polar surface area (TPSA) is 75.2 Å². The third-order valence-electron chi connectivity index (χ3n) is 3.32. The van der Waals surface area contributed by atoms with Gasteiger partial charge in [-0.2, -0.15) is 0 Å². The van der Waals surface area contributed by atoms with Crippen molar-refractivity contribution in [2.45, 2.75) is 25.7 Å². The van der Waals surface area contributed by atoms with Crippen LogP contribution in [0.3, 0.4) is 0 Å². The number of nitrogens with zero attached hydrogens (tertiary/aromatic N) is 2. The molecule has 0 saturated carbocycles. The van der Waals surface area contributed by atoms with E-state index in [1.807, 2.05) is 6.92 Å². The van der Waals surface area contributed by atoms with E-state index in [1.165, 1.54) is 0 Å². The van der Waals surface area contributed by atoms with E-state index >= 15 is 0 Å². The molecule has 3 rings (SSSR count). The highest BCUT2D eigenvalue weighted by molar-refractivity contribution is 7.71. The zero-order chi connectivity index (χ0) is 12.7. The van der Waals surface area contributed by atoms with Gasteiger partial charge in [0.25, 0.3) is 0 Å².